The zero-order valence-corrected chi connectivity index (χ0v) is 9.82. The van der Waals surface area contributed by atoms with Gasteiger partial charge in [0.15, 0.2) is 0 Å². The van der Waals surface area contributed by atoms with Crippen molar-refractivity contribution in [1.29, 1.82) is 0 Å². The highest BCUT2D eigenvalue weighted by Gasteiger charge is 2.13. The van der Waals surface area contributed by atoms with E-state index in [2.05, 4.69) is 26.3 Å². The minimum atomic E-state index is -0.351. The van der Waals surface area contributed by atoms with Crippen molar-refractivity contribution in [1.82, 2.24) is 10.4 Å². The number of nitrogen functional groups attached to an aromatic ring is 1. The van der Waals surface area contributed by atoms with Crippen LogP contribution in [-0.2, 0) is 0 Å². The Bertz CT molecular complexity index is 537. The molecule has 1 aromatic heterocycles. The Morgan fingerprint density at radius 3 is 2.93 bits per heavy atom. The number of nitrogens with two attached hydrogens (primary N) is 1. The first-order valence-corrected chi connectivity index (χ1v) is 5.27. The number of H-pyrrole nitrogens is 1. The average Bonchev–Trinajstić information content (AvgIpc) is 2.60. The quantitative estimate of drug-likeness (QED) is 0.428. The fraction of sp³-hybridized carbons (Fsp3) is 0. The molecule has 1 aromatic carbocycles. The largest absolute Gasteiger partial charge is 0.359 e. The van der Waals surface area contributed by atoms with Crippen LogP contribution in [0.1, 0.15) is 10.4 Å². The normalized spacial score (nSPS) is 10.6. The van der Waals surface area contributed by atoms with E-state index in [-0.39, 0.29) is 5.91 Å². The Morgan fingerprint density at radius 2 is 2.27 bits per heavy atom. The maximum absolute atomic E-state index is 11.4. The molecule has 2 rings (SSSR count). The Labute approximate surface area is 98.9 Å². The molecule has 78 valence electrons. The molecule has 15 heavy (non-hydrogen) atoms. The van der Waals surface area contributed by atoms with Crippen LogP contribution >= 0.6 is 27.5 Å². The lowest BCUT2D eigenvalue weighted by Crippen LogP contribution is -2.29. The first-order valence-electron chi connectivity index (χ1n) is 4.10. The molecule has 0 bridgehead atoms. The van der Waals surface area contributed by atoms with Gasteiger partial charge in [0, 0.05) is 16.1 Å². The molecule has 1 amide bonds. The predicted octanol–water partition coefficient (Wildman–Crippen LogP) is 2.19. The summed E-state index contributed by atoms with van der Waals surface area (Å²) in [6, 6.07) is 3.56. The minimum Gasteiger partial charge on any atom is -0.359 e. The van der Waals surface area contributed by atoms with Crippen molar-refractivity contribution in [3.63, 3.8) is 0 Å². The van der Waals surface area contributed by atoms with Gasteiger partial charge in [-0.15, -0.1) is 0 Å². The molecule has 0 atom stereocenters. The second-order valence-electron chi connectivity index (χ2n) is 2.99. The van der Waals surface area contributed by atoms with Crippen molar-refractivity contribution in [3.8, 4) is 0 Å². The van der Waals surface area contributed by atoms with Crippen LogP contribution in [0.15, 0.2) is 22.8 Å². The van der Waals surface area contributed by atoms with Gasteiger partial charge < -0.3 is 4.98 Å². The van der Waals surface area contributed by atoms with Crippen LogP contribution in [0.3, 0.4) is 0 Å². The van der Waals surface area contributed by atoms with Crippen LogP contribution in [0.4, 0.5) is 0 Å². The minimum absolute atomic E-state index is 0.351. The zero-order valence-electron chi connectivity index (χ0n) is 7.47. The number of fused-ring (bicyclic) bond motifs is 1. The van der Waals surface area contributed by atoms with Gasteiger partial charge in [0.25, 0.3) is 5.91 Å². The molecule has 0 radical (unpaired) electrons. The molecule has 4 nitrogen and oxygen atoms in total. The van der Waals surface area contributed by atoms with E-state index in [1.165, 1.54) is 0 Å². The molecular formula is C9H7BrClN3O. The summed E-state index contributed by atoms with van der Waals surface area (Å²) in [4.78, 5) is 14.3. The summed E-state index contributed by atoms with van der Waals surface area (Å²) < 4.78 is 0.811. The number of hydrogen-bond acceptors (Lipinski definition) is 2. The molecule has 4 N–H and O–H groups in total. The van der Waals surface area contributed by atoms with Crippen LogP contribution in [0.25, 0.3) is 10.9 Å². The van der Waals surface area contributed by atoms with Crippen LogP contribution in [0.2, 0.25) is 5.02 Å². The molecule has 0 aliphatic rings. The van der Waals surface area contributed by atoms with Crippen LogP contribution < -0.4 is 11.3 Å². The Kier molecular flexibility index (Phi) is 2.68. The number of hydrazine groups is 1. The van der Waals surface area contributed by atoms with Gasteiger partial charge in [-0.2, -0.15) is 0 Å². The molecule has 2 aromatic rings. The van der Waals surface area contributed by atoms with E-state index in [4.69, 9.17) is 17.4 Å². The van der Waals surface area contributed by atoms with Crippen molar-refractivity contribution in [2.75, 3.05) is 0 Å². The molecule has 0 unspecified atom stereocenters. The predicted molar refractivity (Wildman–Crippen MR) is 62.7 cm³/mol. The second-order valence-corrected chi connectivity index (χ2v) is 4.31. The summed E-state index contributed by atoms with van der Waals surface area (Å²) in [7, 11) is 0. The first-order chi connectivity index (χ1) is 7.13. The summed E-state index contributed by atoms with van der Waals surface area (Å²) in [5.41, 5.74) is 3.27. The first kappa shape index (κ1) is 10.5. The number of benzene rings is 1. The fourth-order valence-electron chi connectivity index (χ4n) is 1.42. The van der Waals surface area contributed by atoms with Gasteiger partial charge in [-0.3, -0.25) is 10.2 Å². The van der Waals surface area contributed by atoms with E-state index in [1.807, 2.05) is 6.07 Å². The number of carbonyl (C=O) groups is 1. The number of hydrogen-bond donors (Lipinski definition) is 3. The molecule has 1 heterocycles. The van der Waals surface area contributed by atoms with Crippen LogP contribution in [0.5, 0.6) is 0 Å². The number of aromatic amines is 1. The van der Waals surface area contributed by atoms with Crippen molar-refractivity contribution in [2.45, 2.75) is 0 Å². The number of halogens is 2. The van der Waals surface area contributed by atoms with E-state index in [0.717, 1.165) is 15.4 Å². The number of carbonyl (C=O) groups excluding carboxylic acids is 1. The molecule has 0 saturated carbocycles. The van der Waals surface area contributed by atoms with Gasteiger partial charge in [-0.25, -0.2) is 5.84 Å². The summed E-state index contributed by atoms with van der Waals surface area (Å²) in [6.45, 7) is 0. The number of nitrogens with one attached hydrogen (secondary N) is 2. The Balaban J connectivity index is 2.74. The Hall–Kier alpha value is -1.04. The maximum Gasteiger partial charge on any atom is 0.267 e. The fourth-order valence-corrected chi connectivity index (χ4v) is 2.28. The van der Waals surface area contributed by atoms with E-state index < -0.39 is 0 Å². The van der Waals surface area contributed by atoms with Crippen LogP contribution in [-0.4, -0.2) is 10.9 Å². The standard InChI is InChI=1S/C9H7BrClN3O/c10-4-1-5-6(9(15)14-12)3-13-8(5)7(11)2-4/h1-3,13H,12H2,(H,14,15). The lowest BCUT2D eigenvalue weighted by atomic mass is 10.2. The summed E-state index contributed by atoms with van der Waals surface area (Å²) in [5, 5.41) is 1.28. The highest BCUT2D eigenvalue weighted by Crippen LogP contribution is 2.29. The molecule has 0 saturated heterocycles. The van der Waals surface area contributed by atoms with Gasteiger partial charge in [0.05, 0.1) is 16.1 Å². The maximum atomic E-state index is 11.4. The second kappa shape index (κ2) is 3.84. The monoisotopic (exact) mass is 287 g/mol. The third-order valence-electron chi connectivity index (χ3n) is 2.08. The Morgan fingerprint density at radius 1 is 1.53 bits per heavy atom. The van der Waals surface area contributed by atoms with Gasteiger partial charge in [-0.05, 0) is 12.1 Å². The van der Waals surface area contributed by atoms with Crippen molar-refractivity contribution < 1.29 is 4.79 Å². The summed E-state index contributed by atoms with van der Waals surface area (Å²) in [6.07, 6.45) is 1.57. The van der Waals surface area contributed by atoms with Gasteiger partial charge in [0.2, 0.25) is 0 Å². The lowest BCUT2D eigenvalue weighted by molar-refractivity contribution is 0.0955. The summed E-state index contributed by atoms with van der Waals surface area (Å²) in [5.74, 6) is 4.72. The third-order valence-corrected chi connectivity index (χ3v) is 2.84. The lowest BCUT2D eigenvalue weighted by Gasteiger charge is -1.99. The van der Waals surface area contributed by atoms with Crippen LogP contribution in [0, 0.1) is 0 Å². The highest BCUT2D eigenvalue weighted by molar-refractivity contribution is 9.10. The van der Waals surface area contributed by atoms with E-state index in [1.54, 1.807) is 12.3 Å². The van der Waals surface area contributed by atoms with E-state index in [9.17, 15) is 4.79 Å². The molecular weight excluding hydrogens is 281 g/mol. The third kappa shape index (κ3) is 1.73. The smallest absolute Gasteiger partial charge is 0.267 e. The van der Waals surface area contributed by atoms with Crippen molar-refractivity contribution in [2.24, 2.45) is 5.84 Å². The zero-order chi connectivity index (χ0) is 11.0. The van der Waals surface area contributed by atoms with E-state index in [0.29, 0.717) is 10.6 Å². The number of rotatable bonds is 1. The average molecular weight is 289 g/mol. The van der Waals surface area contributed by atoms with Crippen molar-refractivity contribution >= 4 is 44.3 Å². The van der Waals surface area contributed by atoms with Gasteiger partial charge in [0.1, 0.15) is 0 Å². The molecule has 0 aliphatic heterocycles. The summed E-state index contributed by atoms with van der Waals surface area (Å²) >= 11 is 9.31. The van der Waals surface area contributed by atoms with E-state index >= 15 is 0 Å². The highest BCUT2D eigenvalue weighted by atomic mass is 79.9. The topological polar surface area (TPSA) is 70.9 Å². The SMILES string of the molecule is NNC(=O)c1c[nH]c2c(Cl)cc(Br)cc12. The molecule has 0 fully saturated rings. The number of amides is 1. The van der Waals surface area contributed by atoms with Gasteiger partial charge in [-0.1, -0.05) is 27.5 Å². The van der Waals surface area contributed by atoms with Gasteiger partial charge >= 0.3 is 0 Å². The molecule has 0 aliphatic carbocycles. The number of aromatic nitrogens is 1. The molecule has 0 spiro atoms. The molecule has 6 heteroatoms. The van der Waals surface area contributed by atoms with Crippen molar-refractivity contribution in [3.05, 3.63) is 33.4 Å².